The van der Waals surface area contributed by atoms with Gasteiger partial charge in [-0.1, -0.05) is 32.1 Å². The molecule has 1 atom stereocenters. The minimum Gasteiger partial charge on any atom is -0.396 e. The molecule has 0 aromatic rings. The Morgan fingerprint density at radius 2 is 1.83 bits per heavy atom. The van der Waals surface area contributed by atoms with Crippen molar-refractivity contribution in [1.82, 2.24) is 10.6 Å². The van der Waals surface area contributed by atoms with Crippen LogP contribution in [-0.2, 0) is 0 Å². The third-order valence-electron chi connectivity index (χ3n) is 3.72. The molecule has 3 N–H and O–H groups in total. The van der Waals surface area contributed by atoms with Crippen molar-refractivity contribution in [2.24, 2.45) is 5.92 Å². The predicted octanol–water partition coefficient (Wildman–Crippen LogP) is 2.42. The molecule has 0 radical (unpaired) electrons. The van der Waals surface area contributed by atoms with E-state index in [1.54, 1.807) is 0 Å². The Bertz CT molecular complexity index is 226. The Kier molecular flexibility index (Phi) is 7.81. The molecule has 1 fully saturated rings. The summed E-state index contributed by atoms with van der Waals surface area (Å²) in [6.07, 6.45) is 9.76. The van der Waals surface area contributed by atoms with Crippen molar-refractivity contribution in [2.75, 3.05) is 13.2 Å². The lowest BCUT2D eigenvalue weighted by Crippen LogP contribution is -2.42. The number of hydrogen-bond donors (Lipinski definition) is 3. The van der Waals surface area contributed by atoms with E-state index in [4.69, 9.17) is 5.11 Å². The molecule has 4 heteroatoms. The van der Waals surface area contributed by atoms with Crippen molar-refractivity contribution in [3.05, 3.63) is 0 Å². The second-order valence-corrected chi connectivity index (χ2v) is 5.48. The van der Waals surface area contributed by atoms with Gasteiger partial charge < -0.3 is 15.7 Å². The maximum Gasteiger partial charge on any atom is 0.315 e. The molecule has 106 valence electrons. The minimum absolute atomic E-state index is 0.0346. The fraction of sp³-hybridized carbons (Fsp3) is 0.929. The first-order valence-corrected chi connectivity index (χ1v) is 7.37. The average molecular weight is 256 g/mol. The molecule has 0 aliphatic heterocycles. The van der Waals surface area contributed by atoms with Gasteiger partial charge in [0.05, 0.1) is 0 Å². The first kappa shape index (κ1) is 15.3. The molecule has 1 rings (SSSR count). The minimum atomic E-state index is -0.0991. The van der Waals surface area contributed by atoms with Gasteiger partial charge in [0.25, 0.3) is 0 Å². The van der Waals surface area contributed by atoms with E-state index in [1.807, 2.05) is 6.92 Å². The lowest BCUT2D eigenvalue weighted by Gasteiger charge is -2.21. The summed E-state index contributed by atoms with van der Waals surface area (Å²) in [5, 5.41) is 14.6. The largest absolute Gasteiger partial charge is 0.396 e. The molecule has 0 spiro atoms. The molecule has 18 heavy (non-hydrogen) atoms. The second-order valence-electron chi connectivity index (χ2n) is 5.48. The van der Waals surface area contributed by atoms with Crippen LogP contribution in [0.2, 0.25) is 0 Å². The molecule has 1 aliphatic carbocycles. The summed E-state index contributed by atoms with van der Waals surface area (Å²) < 4.78 is 0. The summed E-state index contributed by atoms with van der Waals surface area (Å²) >= 11 is 0. The Balaban J connectivity index is 2.15. The van der Waals surface area contributed by atoms with E-state index < -0.39 is 0 Å². The summed E-state index contributed by atoms with van der Waals surface area (Å²) in [4.78, 5) is 11.6. The number of rotatable bonds is 5. The van der Waals surface area contributed by atoms with Gasteiger partial charge in [0, 0.05) is 19.2 Å². The molecule has 1 saturated carbocycles. The first-order chi connectivity index (χ1) is 8.72. The number of aliphatic hydroxyl groups is 1. The van der Waals surface area contributed by atoms with Crippen LogP contribution in [0.15, 0.2) is 0 Å². The smallest absolute Gasteiger partial charge is 0.315 e. The highest BCUT2D eigenvalue weighted by Crippen LogP contribution is 2.21. The molecular formula is C14H28N2O2. The van der Waals surface area contributed by atoms with Gasteiger partial charge in [-0.15, -0.1) is 0 Å². The number of hydrogen-bond acceptors (Lipinski definition) is 2. The Morgan fingerprint density at radius 1 is 1.22 bits per heavy atom. The number of nitrogens with one attached hydrogen (secondary N) is 2. The SMILES string of the molecule is C[C@H](CCO)NC(=O)NCC1CCCCCCC1. The Labute approximate surface area is 111 Å². The molecule has 1 aliphatic rings. The molecule has 0 saturated heterocycles. The maximum atomic E-state index is 11.6. The molecule has 2 amide bonds. The van der Waals surface area contributed by atoms with Crippen LogP contribution in [0.25, 0.3) is 0 Å². The fourth-order valence-electron chi connectivity index (χ4n) is 2.52. The third-order valence-corrected chi connectivity index (χ3v) is 3.72. The number of urea groups is 1. The van der Waals surface area contributed by atoms with E-state index in [1.165, 1.54) is 44.9 Å². The number of aliphatic hydroxyl groups excluding tert-OH is 1. The highest BCUT2D eigenvalue weighted by Gasteiger charge is 2.13. The first-order valence-electron chi connectivity index (χ1n) is 7.37. The van der Waals surface area contributed by atoms with E-state index in [-0.39, 0.29) is 18.7 Å². The van der Waals surface area contributed by atoms with Gasteiger partial charge in [-0.05, 0) is 32.1 Å². The van der Waals surface area contributed by atoms with Crippen LogP contribution in [0.3, 0.4) is 0 Å². The van der Waals surface area contributed by atoms with Gasteiger partial charge >= 0.3 is 6.03 Å². The Morgan fingerprint density at radius 3 is 2.44 bits per heavy atom. The van der Waals surface area contributed by atoms with Crippen molar-refractivity contribution in [3.63, 3.8) is 0 Å². The van der Waals surface area contributed by atoms with E-state index in [0.29, 0.717) is 12.3 Å². The lowest BCUT2D eigenvalue weighted by molar-refractivity contribution is 0.228. The molecule has 0 bridgehead atoms. The van der Waals surface area contributed by atoms with Gasteiger partial charge in [-0.25, -0.2) is 4.79 Å². The Hall–Kier alpha value is -0.770. The average Bonchev–Trinajstić information content (AvgIpc) is 2.27. The zero-order valence-electron chi connectivity index (χ0n) is 11.6. The van der Waals surface area contributed by atoms with Gasteiger partial charge in [-0.3, -0.25) is 0 Å². The molecular weight excluding hydrogens is 228 g/mol. The van der Waals surface area contributed by atoms with Gasteiger partial charge in [0.1, 0.15) is 0 Å². The zero-order chi connectivity index (χ0) is 13.2. The van der Waals surface area contributed by atoms with Crippen molar-refractivity contribution < 1.29 is 9.90 Å². The van der Waals surface area contributed by atoms with Crippen LogP contribution in [0.5, 0.6) is 0 Å². The number of carbonyl (C=O) groups excluding carboxylic acids is 1. The van der Waals surface area contributed by atoms with Gasteiger partial charge in [0.2, 0.25) is 0 Å². The van der Waals surface area contributed by atoms with Crippen LogP contribution >= 0.6 is 0 Å². The van der Waals surface area contributed by atoms with Crippen LogP contribution in [0.1, 0.15) is 58.3 Å². The van der Waals surface area contributed by atoms with Crippen molar-refractivity contribution in [2.45, 2.75) is 64.3 Å². The molecule has 0 aromatic heterocycles. The maximum absolute atomic E-state index is 11.6. The quantitative estimate of drug-likeness (QED) is 0.707. The highest BCUT2D eigenvalue weighted by atomic mass is 16.3. The fourth-order valence-corrected chi connectivity index (χ4v) is 2.52. The van der Waals surface area contributed by atoms with E-state index in [0.717, 1.165) is 6.54 Å². The summed E-state index contributed by atoms with van der Waals surface area (Å²) in [6, 6.07) is -0.0645. The second kappa shape index (κ2) is 9.20. The van der Waals surface area contributed by atoms with Crippen molar-refractivity contribution in [3.8, 4) is 0 Å². The number of carbonyl (C=O) groups is 1. The van der Waals surface area contributed by atoms with Gasteiger partial charge in [0.15, 0.2) is 0 Å². The van der Waals surface area contributed by atoms with E-state index in [9.17, 15) is 4.79 Å². The monoisotopic (exact) mass is 256 g/mol. The van der Waals surface area contributed by atoms with Crippen LogP contribution in [0, 0.1) is 5.92 Å². The summed E-state index contributed by atoms with van der Waals surface area (Å²) in [5.41, 5.74) is 0. The van der Waals surface area contributed by atoms with Crippen LogP contribution in [0.4, 0.5) is 4.79 Å². The molecule has 0 heterocycles. The lowest BCUT2D eigenvalue weighted by atomic mass is 9.91. The topological polar surface area (TPSA) is 61.4 Å². The van der Waals surface area contributed by atoms with Crippen molar-refractivity contribution in [1.29, 1.82) is 0 Å². The van der Waals surface area contributed by atoms with Crippen LogP contribution < -0.4 is 10.6 Å². The van der Waals surface area contributed by atoms with E-state index in [2.05, 4.69) is 10.6 Å². The summed E-state index contributed by atoms with van der Waals surface area (Å²) in [5.74, 6) is 0.643. The van der Waals surface area contributed by atoms with Crippen molar-refractivity contribution >= 4 is 6.03 Å². The zero-order valence-corrected chi connectivity index (χ0v) is 11.6. The molecule has 0 unspecified atom stereocenters. The number of amides is 2. The molecule has 0 aromatic carbocycles. The van der Waals surface area contributed by atoms with E-state index >= 15 is 0 Å². The summed E-state index contributed by atoms with van der Waals surface area (Å²) in [7, 11) is 0. The molecule has 4 nitrogen and oxygen atoms in total. The predicted molar refractivity (Wildman–Crippen MR) is 73.5 cm³/mol. The normalized spacial score (nSPS) is 19.7. The summed E-state index contributed by atoms with van der Waals surface area (Å²) in [6.45, 7) is 2.81. The van der Waals surface area contributed by atoms with Crippen LogP contribution in [-0.4, -0.2) is 30.3 Å². The standard InChI is InChI=1S/C14H28N2O2/c1-12(9-10-17)16-14(18)15-11-13-7-5-3-2-4-6-8-13/h12-13,17H,2-11H2,1H3,(H2,15,16,18)/t12-/m1/s1. The van der Waals surface area contributed by atoms with Gasteiger partial charge in [-0.2, -0.15) is 0 Å². The third kappa shape index (κ3) is 6.84. The highest BCUT2D eigenvalue weighted by molar-refractivity contribution is 5.74.